The van der Waals surface area contributed by atoms with Crippen molar-refractivity contribution in [3.63, 3.8) is 0 Å². The van der Waals surface area contributed by atoms with Gasteiger partial charge in [-0.1, -0.05) is 17.3 Å². The first-order valence-electron chi connectivity index (χ1n) is 5.82. The Morgan fingerprint density at radius 1 is 1.42 bits per heavy atom. The maximum atomic E-state index is 11.8. The summed E-state index contributed by atoms with van der Waals surface area (Å²) in [6.07, 6.45) is 0.0539. The van der Waals surface area contributed by atoms with Gasteiger partial charge >= 0.3 is 5.97 Å². The van der Waals surface area contributed by atoms with Gasteiger partial charge < -0.3 is 14.6 Å². The number of aromatic nitrogens is 1. The van der Waals surface area contributed by atoms with Crippen LogP contribution in [0.2, 0.25) is 0 Å². The molecule has 0 aliphatic carbocycles. The van der Waals surface area contributed by atoms with Crippen molar-refractivity contribution in [2.24, 2.45) is 0 Å². The molecular weight excluding hydrogens is 248 g/mol. The number of hydrogen-bond donors (Lipinski definition) is 1. The first-order chi connectivity index (χ1) is 9.11. The van der Waals surface area contributed by atoms with Crippen molar-refractivity contribution in [2.45, 2.75) is 19.4 Å². The molecule has 0 saturated carbocycles. The number of ether oxygens (including phenoxy) is 1. The van der Waals surface area contributed by atoms with E-state index >= 15 is 0 Å². The number of benzene rings is 1. The molecule has 0 radical (unpaired) electrons. The summed E-state index contributed by atoms with van der Waals surface area (Å²) in [6, 6.07) is 6.60. The van der Waals surface area contributed by atoms with E-state index < -0.39 is 12.0 Å². The molecule has 2 aromatic rings. The van der Waals surface area contributed by atoms with Crippen LogP contribution in [0.15, 0.2) is 28.8 Å². The number of carbonyl (C=O) groups excluding carboxylic acids is 2. The number of esters is 1. The molecule has 0 unspecified atom stereocenters. The minimum atomic E-state index is -0.685. The number of nitrogens with one attached hydrogen (secondary N) is 1. The quantitative estimate of drug-likeness (QED) is 0.833. The van der Waals surface area contributed by atoms with Gasteiger partial charge in [0, 0.05) is 5.39 Å². The second-order valence-corrected chi connectivity index (χ2v) is 4.11. The SMILES string of the molecule is COC(=O)[C@H](C)NC(=O)Cc1noc2ccccc12. The topological polar surface area (TPSA) is 81.4 Å². The Kier molecular flexibility index (Phi) is 3.79. The molecule has 1 amide bonds. The maximum absolute atomic E-state index is 11.8. The molecule has 6 nitrogen and oxygen atoms in total. The molecule has 1 aromatic heterocycles. The summed E-state index contributed by atoms with van der Waals surface area (Å²) < 4.78 is 9.63. The molecule has 0 fully saturated rings. The summed E-state index contributed by atoms with van der Waals surface area (Å²) in [5.41, 5.74) is 1.18. The fourth-order valence-electron chi connectivity index (χ4n) is 1.75. The zero-order valence-electron chi connectivity index (χ0n) is 10.7. The molecule has 1 N–H and O–H groups in total. The first-order valence-corrected chi connectivity index (χ1v) is 5.82. The van der Waals surface area contributed by atoms with E-state index in [2.05, 4.69) is 15.2 Å². The van der Waals surface area contributed by atoms with Crippen LogP contribution in [0, 0.1) is 0 Å². The second kappa shape index (κ2) is 5.51. The van der Waals surface area contributed by atoms with E-state index in [1.54, 1.807) is 13.0 Å². The summed E-state index contributed by atoms with van der Waals surface area (Å²) in [5.74, 6) is -0.796. The van der Waals surface area contributed by atoms with Crippen LogP contribution in [0.4, 0.5) is 0 Å². The lowest BCUT2D eigenvalue weighted by Gasteiger charge is -2.10. The van der Waals surface area contributed by atoms with E-state index in [9.17, 15) is 9.59 Å². The molecule has 1 atom stereocenters. The van der Waals surface area contributed by atoms with Crippen LogP contribution in [0.25, 0.3) is 11.0 Å². The highest BCUT2D eigenvalue weighted by Gasteiger charge is 2.18. The van der Waals surface area contributed by atoms with Crippen LogP contribution in [0.1, 0.15) is 12.6 Å². The number of rotatable bonds is 4. The van der Waals surface area contributed by atoms with Gasteiger partial charge in [0.1, 0.15) is 11.7 Å². The number of para-hydroxylation sites is 1. The largest absolute Gasteiger partial charge is 0.467 e. The molecule has 0 aliphatic heterocycles. The van der Waals surface area contributed by atoms with Crippen LogP contribution in [-0.2, 0) is 20.7 Å². The van der Waals surface area contributed by atoms with Crippen LogP contribution < -0.4 is 5.32 Å². The summed E-state index contributed by atoms with van der Waals surface area (Å²) in [6.45, 7) is 1.56. The van der Waals surface area contributed by atoms with Crippen LogP contribution in [0.3, 0.4) is 0 Å². The van der Waals surface area contributed by atoms with Crippen LogP contribution in [-0.4, -0.2) is 30.2 Å². The zero-order valence-corrected chi connectivity index (χ0v) is 10.7. The fourth-order valence-corrected chi connectivity index (χ4v) is 1.75. The molecule has 100 valence electrons. The number of amides is 1. The Labute approximate surface area is 109 Å². The number of hydrogen-bond acceptors (Lipinski definition) is 5. The highest BCUT2D eigenvalue weighted by molar-refractivity contribution is 5.88. The lowest BCUT2D eigenvalue weighted by molar-refractivity contribution is -0.144. The third-order valence-corrected chi connectivity index (χ3v) is 2.71. The summed E-state index contributed by atoms with van der Waals surface area (Å²) >= 11 is 0. The number of nitrogens with zero attached hydrogens (tertiary/aromatic N) is 1. The summed E-state index contributed by atoms with van der Waals surface area (Å²) in [5, 5.41) is 7.19. The van der Waals surface area contributed by atoms with E-state index in [1.807, 2.05) is 18.2 Å². The van der Waals surface area contributed by atoms with Crippen molar-refractivity contribution in [3.05, 3.63) is 30.0 Å². The van der Waals surface area contributed by atoms with Crippen molar-refractivity contribution in [1.82, 2.24) is 10.5 Å². The standard InChI is InChI=1S/C13H14N2O4/c1-8(13(17)18-2)14-12(16)7-10-9-5-3-4-6-11(9)19-15-10/h3-6,8H,7H2,1-2H3,(H,14,16)/t8-/m0/s1. The molecule has 1 aromatic carbocycles. The maximum Gasteiger partial charge on any atom is 0.328 e. The molecule has 6 heteroatoms. The molecule has 0 aliphatic rings. The predicted octanol–water partition coefficient (Wildman–Crippen LogP) is 1.05. The smallest absolute Gasteiger partial charge is 0.328 e. The Balaban J connectivity index is 2.05. The zero-order chi connectivity index (χ0) is 13.8. The monoisotopic (exact) mass is 262 g/mol. The molecule has 0 bridgehead atoms. The normalized spacial score (nSPS) is 12.1. The lowest BCUT2D eigenvalue weighted by Crippen LogP contribution is -2.39. The van der Waals surface area contributed by atoms with Crippen molar-refractivity contribution >= 4 is 22.8 Å². The number of methoxy groups -OCH3 is 1. The van der Waals surface area contributed by atoms with Crippen molar-refractivity contribution < 1.29 is 18.8 Å². The third-order valence-electron chi connectivity index (χ3n) is 2.71. The average molecular weight is 262 g/mol. The van der Waals surface area contributed by atoms with Gasteiger partial charge in [-0.15, -0.1) is 0 Å². The second-order valence-electron chi connectivity index (χ2n) is 4.11. The molecule has 0 saturated heterocycles. The molecule has 2 rings (SSSR count). The van der Waals surface area contributed by atoms with Gasteiger partial charge in [-0.25, -0.2) is 4.79 Å². The molecule has 0 spiro atoms. The Hall–Kier alpha value is -2.37. The van der Waals surface area contributed by atoms with Gasteiger partial charge in [-0.05, 0) is 19.1 Å². The van der Waals surface area contributed by atoms with Crippen LogP contribution in [0.5, 0.6) is 0 Å². The Morgan fingerprint density at radius 3 is 2.89 bits per heavy atom. The van der Waals surface area contributed by atoms with Gasteiger partial charge in [0.25, 0.3) is 0 Å². The van der Waals surface area contributed by atoms with Gasteiger partial charge in [0.15, 0.2) is 5.58 Å². The van der Waals surface area contributed by atoms with Crippen molar-refractivity contribution in [3.8, 4) is 0 Å². The Morgan fingerprint density at radius 2 is 2.16 bits per heavy atom. The molecular formula is C13H14N2O4. The number of carbonyl (C=O) groups is 2. The summed E-state index contributed by atoms with van der Waals surface area (Å²) in [7, 11) is 1.27. The van der Waals surface area contributed by atoms with Crippen molar-refractivity contribution in [1.29, 1.82) is 0 Å². The minimum absolute atomic E-state index is 0.0539. The van der Waals surface area contributed by atoms with Gasteiger partial charge in [-0.2, -0.15) is 0 Å². The number of fused-ring (bicyclic) bond motifs is 1. The molecule has 1 heterocycles. The van der Waals surface area contributed by atoms with Gasteiger partial charge in [0.05, 0.1) is 13.5 Å². The van der Waals surface area contributed by atoms with Gasteiger partial charge in [-0.3, -0.25) is 4.79 Å². The van der Waals surface area contributed by atoms with E-state index in [-0.39, 0.29) is 12.3 Å². The first kappa shape index (κ1) is 13.1. The Bertz CT molecular complexity index is 605. The van der Waals surface area contributed by atoms with E-state index in [1.165, 1.54) is 7.11 Å². The highest BCUT2D eigenvalue weighted by Crippen LogP contribution is 2.17. The fraction of sp³-hybridized carbons (Fsp3) is 0.308. The van der Waals surface area contributed by atoms with Gasteiger partial charge in [0.2, 0.25) is 5.91 Å². The van der Waals surface area contributed by atoms with E-state index in [4.69, 9.17) is 4.52 Å². The van der Waals surface area contributed by atoms with E-state index in [0.29, 0.717) is 11.3 Å². The lowest BCUT2D eigenvalue weighted by atomic mass is 10.1. The average Bonchev–Trinajstić information content (AvgIpc) is 2.81. The van der Waals surface area contributed by atoms with Crippen molar-refractivity contribution in [2.75, 3.05) is 7.11 Å². The highest BCUT2D eigenvalue weighted by atomic mass is 16.5. The van der Waals surface area contributed by atoms with E-state index in [0.717, 1.165) is 5.39 Å². The molecule has 19 heavy (non-hydrogen) atoms. The predicted molar refractivity (Wildman–Crippen MR) is 67.3 cm³/mol. The van der Waals surface area contributed by atoms with Crippen LogP contribution >= 0.6 is 0 Å². The summed E-state index contributed by atoms with van der Waals surface area (Å²) in [4.78, 5) is 23.0. The minimum Gasteiger partial charge on any atom is -0.467 e. The third kappa shape index (κ3) is 2.90.